The summed E-state index contributed by atoms with van der Waals surface area (Å²) in [4.78, 5) is 3.80. The zero-order valence-electron chi connectivity index (χ0n) is 8.70. The standard InChI is InChI=1S/C9H10N4O3S/c10-7-2-1-3-8(4-7)17(14,15)12-5-9-11-6-16-13-9/h1-4,6,12H,5,10H2. The summed E-state index contributed by atoms with van der Waals surface area (Å²) in [6.45, 7) is -0.0341. The SMILES string of the molecule is Nc1cccc(S(=O)(=O)NCc2ncon2)c1. The lowest BCUT2D eigenvalue weighted by Crippen LogP contribution is -2.23. The number of anilines is 1. The van der Waals surface area contributed by atoms with Crippen LogP contribution in [0.15, 0.2) is 40.1 Å². The van der Waals surface area contributed by atoms with Crippen LogP contribution in [0.1, 0.15) is 5.82 Å². The summed E-state index contributed by atoms with van der Waals surface area (Å²) >= 11 is 0. The maximum Gasteiger partial charge on any atom is 0.241 e. The van der Waals surface area contributed by atoms with Gasteiger partial charge in [-0.2, -0.15) is 4.98 Å². The van der Waals surface area contributed by atoms with Crippen molar-refractivity contribution in [1.29, 1.82) is 0 Å². The number of nitrogens with zero attached hydrogens (tertiary/aromatic N) is 2. The smallest absolute Gasteiger partial charge is 0.241 e. The van der Waals surface area contributed by atoms with Crippen LogP contribution in [0.25, 0.3) is 0 Å². The van der Waals surface area contributed by atoms with Crippen LogP contribution < -0.4 is 10.5 Å². The van der Waals surface area contributed by atoms with Gasteiger partial charge in [-0.05, 0) is 18.2 Å². The quantitative estimate of drug-likeness (QED) is 0.750. The zero-order chi connectivity index (χ0) is 12.3. The van der Waals surface area contributed by atoms with E-state index in [0.29, 0.717) is 5.69 Å². The third-order valence-electron chi connectivity index (χ3n) is 2.00. The Morgan fingerprint density at radius 2 is 2.24 bits per heavy atom. The molecule has 7 nitrogen and oxygen atoms in total. The third kappa shape index (κ3) is 2.80. The van der Waals surface area contributed by atoms with Crippen molar-refractivity contribution in [2.75, 3.05) is 5.73 Å². The van der Waals surface area contributed by atoms with Crippen molar-refractivity contribution in [2.24, 2.45) is 0 Å². The van der Waals surface area contributed by atoms with Crippen molar-refractivity contribution in [3.05, 3.63) is 36.5 Å². The number of aromatic nitrogens is 2. The van der Waals surface area contributed by atoms with E-state index in [1.54, 1.807) is 12.1 Å². The van der Waals surface area contributed by atoms with E-state index in [1.807, 2.05) is 0 Å². The molecule has 90 valence electrons. The van der Waals surface area contributed by atoms with Crippen molar-refractivity contribution in [3.63, 3.8) is 0 Å². The first-order valence-electron chi connectivity index (χ1n) is 4.68. The van der Waals surface area contributed by atoms with Crippen molar-refractivity contribution < 1.29 is 12.9 Å². The molecule has 0 aliphatic rings. The lowest BCUT2D eigenvalue weighted by molar-refractivity contribution is 0.409. The molecular formula is C9H10N4O3S. The summed E-state index contributed by atoms with van der Waals surface area (Å²) < 4.78 is 30.5. The average Bonchev–Trinajstić information content (AvgIpc) is 2.79. The van der Waals surface area contributed by atoms with Crippen molar-refractivity contribution in [3.8, 4) is 0 Å². The van der Waals surface area contributed by atoms with Gasteiger partial charge in [-0.3, -0.25) is 0 Å². The number of rotatable bonds is 4. The van der Waals surface area contributed by atoms with E-state index >= 15 is 0 Å². The summed E-state index contributed by atoms with van der Waals surface area (Å²) in [5.41, 5.74) is 5.90. The Morgan fingerprint density at radius 1 is 1.41 bits per heavy atom. The van der Waals surface area contributed by atoms with Gasteiger partial charge < -0.3 is 10.3 Å². The molecule has 1 aromatic carbocycles. The van der Waals surface area contributed by atoms with Crippen molar-refractivity contribution in [1.82, 2.24) is 14.9 Å². The molecule has 17 heavy (non-hydrogen) atoms. The summed E-state index contributed by atoms with van der Waals surface area (Å²) in [6.07, 6.45) is 1.13. The second-order valence-corrected chi connectivity index (χ2v) is 5.01. The van der Waals surface area contributed by atoms with Crippen LogP contribution in [0.5, 0.6) is 0 Å². The topological polar surface area (TPSA) is 111 Å². The van der Waals surface area contributed by atoms with Crippen LogP contribution in [0.2, 0.25) is 0 Å². The fourth-order valence-corrected chi connectivity index (χ4v) is 2.23. The molecule has 0 aliphatic carbocycles. The van der Waals surface area contributed by atoms with Gasteiger partial charge >= 0.3 is 0 Å². The first kappa shape index (κ1) is 11.6. The molecule has 0 amide bonds. The average molecular weight is 254 g/mol. The molecule has 1 aromatic heterocycles. The van der Waals surface area contributed by atoms with Gasteiger partial charge in [0, 0.05) is 5.69 Å². The van der Waals surface area contributed by atoms with Gasteiger partial charge in [-0.15, -0.1) is 0 Å². The van der Waals surface area contributed by atoms with Gasteiger partial charge in [0.15, 0.2) is 5.82 Å². The van der Waals surface area contributed by atoms with Crippen LogP contribution in [-0.2, 0) is 16.6 Å². The molecule has 3 N–H and O–H groups in total. The highest BCUT2D eigenvalue weighted by atomic mass is 32.2. The number of nitrogens with two attached hydrogens (primary N) is 1. The second-order valence-electron chi connectivity index (χ2n) is 3.24. The van der Waals surface area contributed by atoms with E-state index in [0.717, 1.165) is 6.39 Å². The highest BCUT2D eigenvalue weighted by molar-refractivity contribution is 7.89. The molecule has 1 heterocycles. The summed E-state index contributed by atoms with van der Waals surface area (Å²) in [7, 11) is -3.61. The molecule has 0 radical (unpaired) electrons. The van der Waals surface area contributed by atoms with E-state index in [2.05, 4.69) is 19.4 Å². The number of nitrogen functional groups attached to an aromatic ring is 1. The molecule has 2 aromatic rings. The highest BCUT2D eigenvalue weighted by Gasteiger charge is 2.14. The van der Waals surface area contributed by atoms with Gasteiger partial charge in [0.25, 0.3) is 0 Å². The van der Waals surface area contributed by atoms with Gasteiger partial charge in [0.1, 0.15) is 0 Å². The van der Waals surface area contributed by atoms with Crippen LogP contribution in [-0.4, -0.2) is 18.6 Å². The maximum absolute atomic E-state index is 11.8. The molecule has 2 rings (SSSR count). The Bertz CT molecular complexity index is 594. The van der Waals surface area contributed by atoms with Crippen LogP contribution in [0.3, 0.4) is 0 Å². The minimum atomic E-state index is -3.61. The summed E-state index contributed by atoms with van der Waals surface area (Å²) in [5.74, 6) is 0.262. The largest absolute Gasteiger partial charge is 0.399 e. The maximum atomic E-state index is 11.8. The summed E-state index contributed by atoms with van der Waals surface area (Å²) in [5, 5.41) is 3.49. The van der Waals surface area contributed by atoms with Gasteiger partial charge in [-0.1, -0.05) is 11.2 Å². The lowest BCUT2D eigenvalue weighted by Gasteiger charge is -2.05. The Hall–Kier alpha value is -1.93. The minimum absolute atomic E-state index is 0.0341. The van der Waals surface area contributed by atoms with E-state index in [1.165, 1.54) is 12.1 Å². The molecule has 8 heteroatoms. The second kappa shape index (κ2) is 4.52. The number of benzene rings is 1. The highest BCUT2D eigenvalue weighted by Crippen LogP contribution is 2.12. The normalized spacial score (nSPS) is 11.5. The Kier molecular flexibility index (Phi) is 3.07. The van der Waals surface area contributed by atoms with Crippen LogP contribution in [0.4, 0.5) is 5.69 Å². The zero-order valence-corrected chi connectivity index (χ0v) is 9.52. The number of sulfonamides is 1. The summed E-state index contributed by atoms with van der Waals surface area (Å²) in [6, 6.07) is 6.00. The molecule has 0 spiro atoms. The van der Waals surface area contributed by atoms with Gasteiger partial charge in [0.2, 0.25) is 16.4 Å². The molecular weight excluding hydrogens is 244 g/mol. The molecule has 0 saturated carbocycles. The van der Waals surface area contributed by atoms with Crippen LogP contribution >= 0.6 is 0 Å². The minimum Gasteiger partial charge on any atom is -0.399 e. The van der Waals surface area contributed by atoms with Gasteiger partial charge in [-0.25, -0.2) is 13.1 Å². The predicted molar refractivity (Wildman–Crippen MR) is 59.2 cm³/mol. The number of nitrogens with one attached hydrogen (secondary N) is 1. The molecule has 0 aliphatic heterocycles. The molecule has 0 bridgehead atoms. The predicted octanol–water partition coefficient (Wildman–Crippen LogP) is 0.130. The van der Waals surface area contributed by atoms with E-state index in [4.69, 9.17) is 5.73 Å². The number of hydrogen-bond donors (Lipinski definition) is 2. The number of hydrogen-bond acceptors (Lipinski definition) is 6. The van der Waals surface area contributed by atoms with Crippen molar-refractivity contribution >= 4 is 15.7 Å². The first-order valence-corrected chi connectivity index (χ1v) is 6.17. The Labute approximate surface area is 97.7 Å². The van der Waals surface area contributed by atoms with E-state index < -0.39 is 10.0 Å². The lowest BCUT2D eigenvalue weighted by atomic mass is 10.3. The monoisotopic (exact) mass is 254 g/mol. The van der Waals surface area contributed by atoms with E-state index in [9.17, 15) is 8.42 Å². The third-order valence-corrected chi connectivity index (χ3v) is 3.39. The molecule has 0 unspecified atom stereocenters. The molecule has 0 atom stereocenters. The molecule has 0 saturated heterocycles. The Balaban J connectivity index is 2.14. The van der Waals surface area contributed by atoms with E-state index in [-0.39, 0.29) is 17.3 Å². The first-order chi connectivity index (χ1) is 8.08. The fraction of sp³-hybridized carbons (Fsp3) is 0.111. The van der Waals surface area contributed by atoms with Gasteiger partial charge in [0.05, 0.1) is 11.4 Å². The van der Waals surface area contributed by atoms with Crippen molar-refractivity contribution in [2.45, 2.75) is 11.4 Å². The fourth-order valence-electron chi connectivity index (χ4n) is 1.19. The Morgan fingerprint density at radius 3 is 2.88 bits per heavy atom. The van der Waals surface area contributed by atoms with Crippen LogP contribution in [0, 0.1) is 0 Å². The molecule has 0 fully saturated rings.